The number of aliphatic imine (C=N–C) groups is 1. The molecule has 0 spiro atoms. The molecule has 1 N–H and O–H groups in total. The van der Waals surface area contributed by atoms with Gasteiger partial charge in [0.05, 0.1) is 18.8 Å². The first-order valence-corrected chi connectivity index (χ1v) is 14.6. The van der Waals surface area contributed by atoms with Crippen LogP contribution in [0.2, 0.25) is 0 Å². The van der Waals surface area contributed by atoms with E-state index in [2.05, 4.69) is 109 Å². The average Bonchev–Trinajstić information content (AvgIpc) is 3.53. The first-order valence-electron chi connectivity index (χ1n) is 14.6. The van der Waals surface area contributed by atoms with Crippen LogP contribution in [0.4, 0.5) is 11.4 Å². The SMILES string of the molecule is COc1cc(C=Nc2ccc([C@@H]3Nc4ccc(C)cc4[C@H]4C=CC[C@H]43)cc2)ccc1OCc1cccc2ccccc12. The molecule has 0 unspecified atom stereocenters. The number of rotatable bonds is 7. The number of hydrogen-bond acceptors (Lipinski definition) is 4. The van der Waals surface area contributed by atoms with E-state index >= 15 is 0 Å². The van der Waals surface area contributed by atoms with E-state index in [9.17, 15) is 0 Å². The summed E-state index contributed by atoms with van der Waals surface area (Å²) >= 11 is 0. The highest BCUT2D eigenvalue weighted by atomic mass is 16.5. The maximum absolute atomic E-state index is 6.19. The normalized spacial score (nSPS) is 19.0. The van der Waals surface area contributed by atoms with Crippen molar-refractivity contribution in [2.24, 2.45) is 10.9 Å². The molecule has 1 heterocycles. The van der Waals surface area contributed by atoms with Crippen molar-refractivity contribution in [1.29, 1.82) is 0 Å². The van der Waals surface area contributed by atoms with E-state index in [1.807, 2.05) is 24.4 Å². The fraction of sp³-hybridized carbons (Fsp3) is 0.184. The van der Waals surface area contributed by atoms with E-state index in [1.54, 1.807) is 7.11 Å². The van der Waals surface area contributed by atoms with Crippen molar-refractivity contribution in [3.05, 3.63) is 143 Å². The van der Waals surface area contributed by atoms with Gasteiger partial charge in [-0.1, -0.05) is 84.4 Å². The Morgan fingerprint density at radius 1 is 0.881 bits per heavy atom. The Hall–Kier alpha value is -4.83. The van der Waals surface area contributed by atoms with Crippen molar-refractivity contribution in [3.63, 3.8) is 0 Å². The van der Waals surface area contributed by atoms with Crippen molar-refractivity contribution < 1.29 is 9.47 Å². The van der Waals surface area contributed by atoms with Crippen molar-refractivity contribution >= 4 is 28.4 Å². The summed E-state index contributed by atoms with van der Waals surface area (Å²) in [6.45, 7) is 2.64. The van der Waals surface area contributed by atoms with Gasteiger partial charge in [-0.25, -0.2) is 0 Å². The zero-order valence-electron chi connectivity index (χ0n) is 24.0. The number of anilines is 1. The predicted molar refractivity (Wildman–Crippen MR) is 173 cm³/mol. The monoisotopic (exact) mass is 550 g/mol. The van der Waals surface area contributed by atoms with E-state index in [0.717, 1.165) is 23.2 Å². The summed E-state index contributed by atoms with van der Waals surface area (Å²) in [5.74, 6) is 2.40. The summed E-state index contributed by atoms with van der Waals surface area (Å²) in [6, 6.07) is 36.3. The maximum Gasteiger partial charge on any atom is 0.161 e. The van der Waals surface area contributed by atoms with Crippen LogP contribution in [0, 0.1) is 12.8 Å². The molecule has 4 nitrogen and oxygen atoms in total. The van der Waals surface area contributed by atoms with Crippen molar-refractivity contribution in [2.45, 2.75) is 31.9 Å². The fourth-order valence-electron chi connectivity index (χ4n) is 6.42. The molecule has 0 saturated heterocycles. The van der Waals surface area contributed by atoms with Gasteiger partial charge in [0.25, 0.3) is 0 Å². The van der Waals surface area contributed by atoms with Gasteiger partial charge in [-0.15, -0.1) is 0 Å². The Labute approximate surface area is 247 Å². The smallest absolute Gasteiger partial charge is 0.161 e. The molecule has 208 valence electrons. The fourth-order valence-corrected chi connectivity index (χ4v) is 6.42. The summed E-state index contributed by atoms with van der Waals surface area (Å²) in [6.07, 6.45) is 7.71. The second-order valence-corrected chi connectivity index (χ2v) is 11.3. The largest absolute Gasteiger partial charge is 0.493 e. The Morgan fingerprint density at radius 3 is 2.62 bits per heavy atom. The molecule has 2 aliphatic rings. The summed E-state index contributed by atoms with van der Waals surface area (Å²) in [5.41, 5.74) is 8.30. The minimum atomic E-state index is 0.281. The second-order valence-electron chi connectivity index (χ2n) is 11.3. The lowest BCUT2D eigenvalue weighted by atomic mass is 9.76. The Kier molecular flexibility index (Phi) is 6.97. The van der Waals surface area contributed by atoms with Crippen LogP contribution in [-0.4, -0.2) is 13.3 Å². The highest BCUT2D eigenvalue weighted by Gasteiger charge is 2.37. The van der Waals surface area contributed by atoms with Gasteiger partial charge in [0.1, 0.15) is 6.61 Å². The first-order chi connectivity index (χ1) is 20.7. The van der Waals surface area contributed by atoms with Gasteiger partial charge in [0.15, 0.2) is 11.5 Å². The predicted octanol–water partition coefficient (Wildman–Crippen LogP) is 9.31. The molecule has 7 rings (SSSR count). The standard InChI is InChI=1S/C38H34N2O2/c1-25-13-19-35-34(21-25)32-11-6-12-33(32)38(40-35)28-15-17-30(18-16-28)39-23-26-14-20-36(37(22-26)41-2)42-24-29-9-5-8-27-7-3-4-10-31(27)29/h3-11,13-23,32-33,38,40H,12,24H2,1-2H3/t32-,33+,38-/m0/s1. The van der Waals surface area contributed by atoms with Gasteiger partial charge < -0.3 is 14.8 Å². The number of hydrogen-bond donors (Lipinski definition) is 1. The van der Waals surface area contributed by atoms with Crippen LogP contribution < -0.4 is 14.8 Å². The lowest BCUT2D eigenvalue weighted by Gasteiger charge is -2.37. The first kappa shape index (κ1) is 26.1. The minimum absolute atomic E-state index is 0.281. The van der Waals surface area contributed by atoms with Gasteiger partial charge in [0, 0.05) is 17.8 Å². The Balaban J connectivity index is 1.05. The third-order valence-corrected chi connectivity index (χ3v) is 8.58. The van der Waals surface area contributed by atoms with Crippen LogP contribution >= 0.6 is 0 Å². The molecule has 1 aliphatic carbocycles. The van der Waals surface area contributed by atoms with E-state index in [-0.39, 0.29) is 6.04 Å². The lowest BCUT2D eigenvalue weighted by Crippen LogP contribution is -2.29. The minimum Gasteiger partial charge on any atom is -0.493 e. The highest BCUT2D eigenvalue weighted by Crippen LogP contribution is 2.50. The molecule has 0 radical (unpaired) electrons. The highest BCUT2D eigenvalue weighted by molar-refractivity contribution is 5.85. The lowest BCUT2D eigenvalue weighted by molar-refractivity contribution is 0.285. The molecular formula is C38H34N2O2. The zero-order valence-corrected chi connectivity index (χ0v) is 24.0. The number of methoxy groups -OCH3 is 1. The van der Waals surface area contributed by atoms with Crippen LogP contribution in [0.15, 0.2) is 120 Å². The average molecular weight is 551 g/mol. The molecular weight excluding hydrogens is 516 g/mol. The summed E-state index contributed by atoms with van der Waals surface area (Å²) < 4.78 is 11.9. The molecule has 0 amide bonds. The van der Waals surface area contributed by atoms with Crippen LogP contribution in [-0.2, 0) is 6.61 Å². The molecule has 0 bridgehead atoms. The Morgan fingerprint density at radius 2 is 1.74 bits per heavy atom. The van der Waals surface area contributed by atoms with Crippen LogP contribution in [0.25, 0.3) is 10.8 Å². The molecule has 0 saturated carbocycles. The summed E-state index contributed by atoms with van der Waals surface area (Å²) in [7, 11) is 1.67. The van der Waals surface area contributed by atoms with Crippen LogP contribution in [0.3, 0.4) is 0 Å². The van der Waals surface area contributed by atoms with E-state index in [0.29, 0.717) is 29.9 Å². The molecule has 42 heavy (non-hydrogen) atoms. The zero-order chi connectivity index (χ0) is 28.5. The third-order valence-electron chi connectivity index (χ3n) is 8.58. The number of fused-ring (bicyclic) bond motifs is 4. The van der Waals surface area contributed by atoms with Crippen molar-refractivity contribution in [3.8, 4) is 11.5 Å². The van der Waals surface area contributed by atoms with Gasteiger partial charge >= 0.3 is 0 Å². The summed E-state index contributed by atoms with van der Waals surface area (Å²) in [4.78, 5) is 4.75. The molecule has 5 aromatic rings. The van der Waals surface area contributed by atoms with Gasteiger partial charge in [-0.05, 0) is 88.7 Å². The van der Waals surface area contributed by atoms with Gasteiger partial charge in [-0.3, -0.25) is 4.99 Å². The van der Waals surface area contributed by atoms with Crippen LogP contribution in [0.1, 0.15) is 46.2 Å². The molecule has 3 atom stereocenters. The van der Waals surface area contributed by atoms with Crippen LogP contribution in [0.5, 0.6) is 11.5 Å². The van der Waals surface area contributed by atoms with Gasteiger partial charge in [-0.2, -0.15) is 0 Å². The molecule has 5 aromatic carbocycles. The number of aryl methyl sites for hydroxylation is 1. The number of nitrogens with one attached hydrogen (secondary N) is 1. The summed E-state index contributed by atoms with van der Waals surface area (Å²) in [5, 5.41) is 6.24. The Bertz CT molecular complexity index is 1800. The second kappa shape index (κ2) is 11.2. The molecule has 0 aromatic heterocycles. The number of allylic oxidation sites excluding steroid dienone is 2. The van der Waals surface area contributed by atoms with Crippen molar-refractivity contribution in [1.82, 2.24) is 0 Å². The van der Waals surface area contributed by atoms with E-state index in [1.165, 1.54) is 33.2 Å². The number of nitrogens with zero attached hydrogens (tertiary/aromatic N) is 1. The van der Waals surface area contributed by atoms with Gasteiger partial charge in [0.2, 0.25) is 0 Å². The number of ether oxygens (including phenoxy) is 2. The molecule has 1 aliphatic heterocycles. The third kappa shape index (κ3) is 5.05. The van der Waals surface area contributed by atoms with Crippen molar-refractivity contribution in [2.75, 3.05) is 12.4 Å². The maximum atomic E-state index is 6.19. The molecule has 4 heteroatoms. The van der Waals surface area contributed by atoms with E-state index < -0.39 is 0 Å². The quantitative estimate of drug-likeness (QED) is 0.162. The number of benzene rings is 5. The van der Waals surface area contributed by atoms with E-state index in [4.69, 9.17) is 14.5 Å². The molecule has 0 fully saturated rings. The topological polar surface area (TPSA) is 42.8 Å².